The number of amides is 1. The molecule has 2 aromatic heterocycles. The van der Waals surface area contributed by atoms with E-state index in [1.54, 1.807) is 6.92 Å². The summed E-state index contributed by atoms with van der Waals surface area (Å²) in [5.41, 5.74) is -0.500. The summed E-state index contributed by atoms with van der Waals surface area (Å²) in [5.74, 6) is -2.72. The van der Waals surface area contributed by atoms with Crippen LogP contribution in [-0.4, -0.2) is 49.5 Å². The minimum Gasteiger partial charge on any atom is -0.478 e. The molecule has 0 aromatic carbocycles. The molecule has 0 fully saturated rings. The number of aromatic nitrogens is 4. The minimum atomic E-state index is -1.28. The molecule has 0 aliphatic carbocycles. The van der Waals surface area contributed by atoms with Crippen molar-refractivity contribution < 1.29 is 24.2 Å². The molecule has 22 heavy (non-hydrogen) atoms. The largest absolute Gasteiger partial charge is 0.478 e. The van der Waals surface area contributed by atoms with Crippen LogP contribution in [0, 0.1) is 0 Å². The molecular weight excluding hydrogens is 294 g/mol. The fourth-order valence-electron chi connectivity index (χ4n) is 1.73. The summed E-state index contributed by atoms with van der Waals surface area (Å²) < 4.78 is 6.02. The number of hydrogen-bond acceptors (Lipinski definition) is 6. The Morgan fingerprint density at radius 2 is 2.14 bits per heavy atom. The standard InChI is InChI=1S/C12H13N5O5/c1-3-22-12(21)6-4-13-15-9(6)14-10(18)8-7(11(19)20)5-17(2)16-8/h4-5H,3H2,1-2H3,(H,19,20)(H2,13,14,15,18). The van der Waals surface area contributed by atoms with Crippen molar-refractivity contribution in [1.29, 1.82) is 0 Å². The Hall–Kier alpha value is -3.17. The molecule has 116 valence electrons. The Morgan fingerprint density at radius 3 is 2.77 bits per heavy atom. The van der Waals surface area contributed by atoms with Crippen LogP contribution in [0.15, 0.2) is 12.4 Å². The first-order chi connectivity index (χ1) is 10.4. The molecule has 0 radical (unpaired) electrons. The molecule has 0 aliphatic rings. The third kappa shape index (κ3) is 2.95. The van der Waals surface area contributed by atoms with Crippen LogP contribution in [0.3, 0.4) is 0 Å². The number of nitrogens with zero attached hydrogens (tertiary/aromatic N) is 3. The topological polar surface area (TPSA) is 139 Å². The van der Waals surface area contributed by atoms with E-state index < -0.39 is 17.8 Å². The van der Waals surface area contributed by atoms with Gasteiger partial charge in [0.15, 0.2) is 5.69 Å². The summed E-state index contributed by atoms with van der Waals surface area (Å²) in [6.45, 7) is 1.81. The smallest absolute Gasteiger partial charge is 0.343 e. The van der Waals surface area contributed by atoms with Crippen LogP contribution in [0.5, 0.6) is 0 Å². The van der Waals surface area contributed by atoms with Crippen LogP contribution >= 0.6 is 0 Å². The number of anilines is 1. The van der Waals surface area contributed by atoms with Gasteiger partial charge in [-0.15, -0.1) is 0 Å². The predicted octanol–water partition coefficient (Wildman–Crippen LogP) is 0.270. The lowest BCUT2D eigenvalue weighted by Crippen LogP contribution is -2.18. The summed E-state index contributed by atoms with van der Waals surface area (Å²) in [5, 5.41) is 21.3. The molecule has 10 nitrogen and oxygen atoms in total. The number of carboxylic acid groups (broad SMARTS) is 1. The van der Waals surface area contributed by atoms with Crippen molar-refractivity contribution in [3.05, 3.63) is 29.2 Å². The first kappa shape index (κ1) is 15.2. The van der Waals surface area contributed by atoms with Crippen LogP contribution in [-0.2, 0) is 11.8 Å². The highest BCUT2D eigenvalue weighted by molar-refractivity contribution is 6.10. The van der Waals surface area contributed by atoms with Gasteiger partial charge in [-0.25, -0.2) is 9.59 Å². The summed E-state index contributed by atoms with van der Waals surface area (Å²) in [6.07, 6.45) is 2.40. The monoisotopic (exact) mass is 307 g/mol. The second-order valence-corrected chi connectivity index (χ2v) is 4.20. The number of carbonyl (C=O) groups is 3. The van der Waals surface area contributed by atoms with Crippen LogP contribution < -0.4 is 5.32 Å². The quantitative estimate of drug-likeness (QED) is 0.673. The highest BCUT2D eigenvalue weighted by atomic mass is 16.5. The lowest BCUT2D eigenvalue weighted by molar-refractivity contribution is 0.0527. The van der Waals surface area contributed by atoms with Gasteiger partial charge >= 0.3 is 11.9 Å². The number of rotatable bonds is 5. The van der Waals surface area contributed by atoms with Gasteiger partial charge in [-0.1, -0.05) is 0 Å². The maximum absolute atomic E-state index is 12.1. The second-order valence-electron chi connectivity index (χ2n) is 4.20. The zero-order chi connectivity index (χ0) is 16.3. The second kappa shape index (κ2) is 6.08. The zero-order valence-corrected chi connectivity index (χ0v) is 11.8. The van der Waals surface area contributed by atoms with Gasteiger partial charge in [0, 0.05) is 13.2 Å². The lowest BCUT2D eigenvalue weighted by atomic mass is 10.2. The van der Waals surface area contributed by atoms with E-state index in [1.165, 1.54) is 24.1 Å². The van der Waals surface area contributed by atoms with Crippen molar-refractivity contribution in [1.82, 2.24) is 20.0 Å². The Balaban J connectivity index is 2.25. The van der Waals surface area contributed by atoms with Crippen molar-refractivity contribution in [2.45, 2.75) is 6.92 Å². The number of H-pyrrole nitrogens is 1. The van der Waals surface area contributed by atoms with E-state index in [0.29, 0.717) is 0 Å². The Morgan fingerprint density at radius 1 is 1.41 bits per heavy atom. The number of ether oxygens (including phenoxy) is 1. The summed E-state index contributed by atoms with van der Waals surface area (Å²) >= 11 is 0. The first-order valence-corrected chi connectivity index (χ1v) is 6.22. The minimum absolute atomic E-state index is 0.00504. The highest BCUT2D eigenvalue weighted by Crippen LogP contribution is 2.15. The van der Waals surface area contributed by atoms with Gasteiger partial charge in [0.05, 0.1) is 12.8 Å². The number of carbonyl (C=O) groups excluding carboxylic acids is 2. The van der Waals surface area contributed by atoms with E-state index >= 15 is 0 Å². The number of esters is 1. The zero-order valence-electron chi connectivity index (χ0n) is 11.8. The van der Waals surface area contributed by atoms with Crippen molar-refractivity contribution in [3.8, 4) is 0 Å². The average Bonchev–Trinajstić information content (AvgIpc) is 3.05. The van der Waals surface area contributed by atoms with Crippen LogP contribution in [0.4, 0.5) is 5.82 Å². The summed E-state index contributed by atoms with van der Waals surface area (Å²) in [4.78, 5) is 34.9. The molecule has 3 N–H and O–H groups in total. The predicted molar refractivity (Wildman–Crippen MR) is 72.7 cm³/mol. The molecular formula is C12H13N5O5. The molecule has 2 rings (SSSR count). The van der Waals surface area contributed by atoms with E-state index in [4.69, 9.17) is 9.84 Å². The van der Waals surface area contributed by atoms with Gasteiger partial charge in [0.1, 0.15) is 16.9 Å². The van der Waals surface area contributed by atoms with E-state index in [-0.39, 0.29) is 29.2 Å². The molecule has 0 unspecified atom stereocenters. The molecule has 0 spiro atoms. The molecule has 0 saturated carbocycles. The van der Waals surface area contributed by atoms with Gasteiger partial charge < -0.3 is 15.2 Å². The van der Waals surface area contributed by atoms with E-state index in [9.17, 15) is 14.4 Å². The number of aromatic carboxylic acids is 1. The summed E-state index contributed by atoms with van der Waals surface area (Å²) in [7, 11) is 1.49. The number of aryl methyl sites for hydroxylation is 1. The van der Waals surface area contributed by atoms with E-state index in [0.717, 1.165) is 0 Å². The van der Waals surface area contributed by atoms with Gasteiger partial charge in [0.2, 0.25) is 0 Å². The van der Waals surface area contributed by atoms with Crippen LogP contribution in [0.2, 0.25) is 0 Å². The highest BCUT2D eigenvalue weighted by Gasteiger charge is 2.23. The molecule has 0 saturated heterocycles. The van der Waals surface area contributed by atoms with E-state index in [1.807, 2.05) is 0 Å². The van der Waals surface area contributed by atoms with Crippen molar-refractivity contribution >= 4 is 23.7 Å². The number of carboxylic acids is 1. The van der Waals surface area contributed by atoms with Crippen molar-refractivity contribution in [2.75, 3.05) is 11.9 Å². The fourth-order valence-corrected chi connectivity index (χ4v) is 1.73. The maximum Gasteiger partial charge on any atom is 0.343 e. The number of nitrogens with one attached hydrogen (secondary N) is 2. The molecule has 0 bridgehead atoms. The van der Waals surface area contributed by atoms with Gasteiger partial charge in [-0.05, 0) is 6.92 Å². The fraction of sp³-hybridized carbons (Fsp3) is 0.250. The third-order valence-electron chi connectivity index (χ3n) is 2.65. The first-order valence-electron chi connectivity index (χ1n) is 6.22. The van der Waals surface area contributed by atoms with Gasteiger partial charge in [-0.2, -0.15) is 10.2 Å². The Kier molecular flexibility index (Phi) is 4.20. The van der Waals surface area contributed by atoms with Crippen LogP contribution in [0.1, 0.15) is 38.1 Å². The van der Waals surface area contributed by atoms with Crippen molar-refractivity contribution in [2.24, 2.45) is 7.05 Å². The Labute approximate surface area is 124 Å². The van der Waals surface area contributed by atoms with E-state index in [2.05, 4.69) is 20.6 Å². The SMILES string of the molecule is CCOC(=O)c1cn[nH]c1NC(=O)c1nn(C)cc1C(=O)O. The Bertz CT molecular complexity index is 732. The maximum atomic E-state index is 12.1. The van der Waals surface area contributed by atoms with Gasteiger partial charge in [0.25, 0.3) is 5.91 Å². The molecule has 2 aromatic rings. The number of hydrogen-bond donors (Lipinski definition) is 3. The summed E-state index contributed by atoms with van der Waals surface area (Å²) in [6, 6.07) is 0. The molecule has 1 amide bonds. The third-order valence-corrected chi connectivity index (χ3v) is 2.65. The molecule has 10 heteroatoms. The molecule has 0 aliphatic heterocycles. The average molecular weight is 307 g/mol. The van der Waals surface area contributed by atoms with Gasteiger partial charge in [-0.3, -0.25) is 14.6 Å². The lowest BCUT2D eigenvalue weighted by Gasteiger charge is -2.04. The molecule has 0 atom stereocenters. The van der Waals surface area contributed by atoms with Crippen LogP contribution in [0.25, 0.3) is 0 Å². The normalized spacial score (nSPS) is 10.3. The van der Waals surface area contributed by atoms with Crippen molar-refractivity contribution in [3.63, 3.8) is 0 Å². The number of aromatic amines is 1. The molecule has 2 heterocycles.